The lowest BCUT2D eigenvalue weighted by molar-refractivity contribution is -0.129. The summed E-state index contributed by atoms with van der Waals surface area (Å²) < 4.78 is 0.827. The summed E-state index contributed by atoms with van der Waals surface area (Å²) >= 11 is 2.15. The fourth-order valence-corrected chi connectivity index (χ4v) is 6.96. The van der Waals surface area contributed by atoms with Gasteiger partial charge in [0.2, 0.25) is 11.8 Å². The molecule has 2 bridgehead atoms. The molecule has 0 radical (unpaired) electrons. The Labute approximate surface area is 193 Å². The topological polar surface area (TPSA) is 54.5 Å². The molecular formula is C26H18INO3. The van der Waals surface area contributed by atoms with Crippen LogP contribution in [0.15, 0.2) is 72.8 Å². The molecule has 3 aliphatic carbocycles. The van der Waals surface area contributed by atoms with Crippen molar-refractivity contribution in [3.8, 4) is 0 Å². The van der Waals surface area contributed by atoms with E-state index < -0.39 is 22.7 Å². The summed E-state index contributed by atoms with van der Waals surface area (Å²) in [6.07, 6.45) is 0.908. The maximum Gasteiger partial charge on any atom is 0.239 e. The number of carbonyl (C=O) groups is 3. The fourth-order valence-electron chi connectivity index (χ4n) is 6.33. The molecule has 0 N–H and O–H groups in total. The smallest absolute Gasteiger partial charge is 0.239 e. The Morgan fingerprint density at radius 3 is 1.81 bits per heavy atom. The van der Waals surface area contributed by atoms with Crippen molar-refractivity contribution in [3.05, 3.63) is 98.6 Å². The standard InChI is InChI=1S/C26H18INO3/c1-25-15-8-2-4-10-17(15)26(14-29,18-11-5-3-9-16(18)25)22-21(25)23(30)28(24(22)31)20-13-7-6-12-19(20)27/h2-14,21-22H,1H3/t21-,22+,25?,26?/m0/s1. The maximum absolute atomic E-state index is 14.0. The van der Waals surface area contributed by atoms with Crippen LogP contribution in [0.2, 0.25) is 0 Å². The number of amides is 2. The van der Waals surface area contributed by atoms with Crippen molar-refractivity contribution in [1.29, 1.82) is 0 Å². The number of rotatable bonds is 2. The van der Waals surface area contributed by atoms with Crippen molar-refractivity contribution >= 4 is 46.4 Å². The van der Waals surface area contributed by atoms with E-state index in [4.69, 9.17) is 0 Å². The predicted molar refractivity (Wildman–Crippen MR) is 125 cm³/mol. The highest BCUT2D eigenvalue weighted by atomic mass is 127. The van der Waals surface area contributed by atoms with Gasteiger partial charge in [-0.05, 0) is 57.0 Å². The molecule has 0 saturated carbocycles. The lowest BCUT2D eigenvalue weighted by atomic mass is 9.42. The van der Waals surface area contributed by atoms with E-state index in [1.807, 2.05) is 66.7 Å². The minimum absolute atomic E-state index is 0.225. The van der Waals surface area contributed by atoms with Gasteiger partial charge >= 0.3 is 0 Å². The van der Waals surface area contributed by atoms with Crippen LogP contribution in [0.3, 0.4) is 0 Å². The van der Waals surface area contributed by atoms with Gasteiger partial charge in [0.1, 0.15) is 6.29 Å². The summed E-state index contributed by atoms with van der Waals surface area (Å²) in [5, 5.41) is 0. The van der Waals surface area contributed by atoms with E-state index in [0.717, 1.165) is 32.1 Å². The minimum Gasteiger partial charge on any atom is -0.302 e. The van der Waals surface area contributed by atoms with Crippen LogP contribution in [-0.4, -0.2) is 18.1 Å². The van der Waals surface area contributed by atoms with Gasteiger partial charge < -0.3 is 4.79 Å². The molecule has 2 amide bonds. The molecule has 3 aromatic carbocycles. The number of nitrogens with zero attached hydrogens (tertiary/aromatic N) is 1. The third-order valence-corrected chi connectivity index (χ3v) is 8.47. The van der Waals surface area contributed by atoms with Gasteiger partial charge in [0.15, 0.2) is 0 Å². The number of hydrogen-bond donors (Lipinski definition) is 0. The first-order valence-electron chi connectivity index (χ1n) is 10.3. The van der Waals surface area contributed by atoms with Crippen molar-refractivity contribution < 1.29 is 14.4 Å². The van der Waals surface area contributed by atoms with Crippen molar-refractivity contribution in [1.82, 2.24) is 0 Å². The molecule has 4 aliphatic rings. The summed E-state index contributed by atoms with van der Waals surface area (Å²) in [7, 11) is 0. The zero-order valence-corrected chi connectivity index (χ0v) is 18.9. The van der Waals surface area contributed by atoms with Crippen LogP contribution in [0, 0.1) is 15.4 Å². The summed E-state index contributed by atoms with van der Waals surface area (Å²) in [5.74, 6) is -1.91. The molecule has 0 unspecified atom stereocenters. The molecule has 1 heterocycles. The number of halogens is 1. The fraction of sp³-hybridized carbons (Fsp3) is 0.192. The zero-order valence-electron chi connectivity index (χ0n) is 16.7. The molecule has 7 rings (SSSR count). The van der Waals surface area contributed by atoms with Gasteiger partial charge in [0.05, 0.1) is 22.9 Å². The first-order chi connectivity index (χ1) is 15.0. The van der Waals surface area contributed by atoms with E-state index in [9.17, 15) is 14.4 Å². The van der Waals surface area contributed by atoms with Gasteiger partial charge in [0.25, 0.3) is 0 Å². The van der Waals surface area contributed by atoms with E-state index >= 15 is 0 Å². The Bertz CT molecular complexity index is 1270. The molecule has 2 atom stereocenters. The second-order valence-corrected chi connectivity index (χ2v) is 9.86. The van der Waals surface area contributed by atoms with Crippen LogP contribution in [0.25, 0.3) is 0 Å². The Balaban J connectivity index is 1.71. The van der Waals surface area contributed by atoms with E-state index in [2.05, 4.69) is 29.5 Å². The van der Waals surface area contributed by atoms with Gasteiger partial charge in [-0.3, -0.25) is 9.59 Å². The molecule has 1 aliphatic heterocycles. The van der Waals surface area contributed by atoms with Crippen LogP contribution in [0.1, 0.15) is 29.2 Å². The van der Waals surface area contributed by atoms with Crippen LogP contribution in [0.4, 0.5) is 5.69 Å². The van der Waals surface area contributed by atoms with E-state index in [0.29, 0.717) is 5.69 Å². The van der Waals surface area contributed by atoms with Gasteiger partial charge in [-0.1, -0.05) is 67.6 Å². The van der Waals surface area contributed by atoms with Gasteiger partial charge in [-0.15, -0.1) is 0 Å². The number of carbonyl (C=O) groups excluding carboxylic acids is 3. The second kappa shape index (κ2) is 6.13. The average molecular weight is 519 g/mol. The Morgan fingerprint density at radius 2 is 1.26 bits per heavy atom. The molecule has 4 nitrogen and oxygen atoms in total. The third-order valence-electron chi connectivity index (χ3n) is 7.56. The third kappa shape index (κ3) is 1.99. The highest BCUT2D eigenvalue weighted by molar-refractivity contribution is 14.1. The lowest BCUT2D eigenvalue weighted by Gasteiger charge is -2.56. The highest BCUT2D eigenvalue weighted by Gasteiger charge is 2.72. The van der Waals surface area contributed by atoms with E-state index in [1.54, 1.807) is 6.07 Å². The summed E-state index contributed by atoms with van der Waals surface area (Å²) in [5.41, 5.74) is 2.35. The molecule has 5 heteroatoms. The molecule has 0 aromatic heterocycles. The Kier molecular flexibility index (Phi) is 3.74. The number of aldehydes is 1. The first kappa shape index (κ1) is 18.9. The van der Waals surface area contributed by atoms with Crippen molar-refractivity contribution in [2.45, 2.75) is 17.8 Å². The van der Waals surface area contributed by atoms with Crippen LogP contribution in [-0.2, 0) is 25.2 Å². The highest BCUT2D eigenvalue weighted by Crippen LogP contribution is 2.66. The molecule has 3 aromatic rings. The SMILES string of the molecule is CC12c3ccccc3C(C=O)(c3ccccc31)[C@H]1C(=O)N(c3ccccc3I)C(=O)[C@H]12. The average Bonchev–Trinajstić information content (AvgIpc) is 3.07. The molecule has 0 spiro atoms. The van der Waals surface area contributed by atoms with Crippen LogP contribution >= 0.6 is 22.6 Å². The van der Waals surface area contributed by atoms with E-state index in [-0.39, 0.29) is 11.8 Å². The number of para-hydroxylation sites is 1. The molecule has 1 fully saturated rings. The number of hydrogen-bond acceptors (Lipinski definition) is 3. The normalized spacial score (nSPS) is 30.1. The summed E-state index contributed by atoms with van der Waals surface area (Å²) in [6, 6.07) is 23.0. The maximum atomic E-state index is 14.0. The lowest BCUT2D eigenvalue weighted by Crippen LogP contribution is -2.61. The summed E-state index contributed by atoms with van der Waals surface area (Å²) in [4.78, 5) is 42.2. The molecule has 31 heavy (non-hydrogen) atoms. The number of benzene rings is 3. The van der Waals surface area contributed by atoms with Gasteiger partial charge in [-0.25, -0.2) is 4.90 Å². The second-order valence-electron chi connectivity index (χ2n) is 8.70. The van der Waals surface area contributed by atoms with Crippen molar-refractivity contribution in [2.75, 3.05) is 4.90 Å². The van der Waals surface area contributed by atoms with Crippen molar-refractivity contribution in [2.24, 2.45) is 11.8 Å². The molecule has 1 saturated heterocycles. The largest absolute Gasteiger partial charge is 0.302 e. The number of imide groups is 1. The molecule has 152 valence electrons. The first-order valence-corrected chi connectivity index (χ1v) is 11.3. The monoisotopic (exact) mass is 519 g/mol. The quantitative estimate of drug-likeness (QED) is 0.290. The van der Waals surface area contributed by atoms with Crippen LogP contribution in [0.5, 0.6) is 0 Å². The minimum atomic E-state index is -1.17. The van der Waals surface area contributed by atoms with E-state index in [1.165, 1.54) is 4.90 Å². The van der Waals surface area contributed by atoms with Gasteiger partial charge in [-0.2, -0.15) is 0 Å². The molecular weight excluding hydrogens is 501 g/mol. The predicted octanol–water partition coefficient (Wildman–Crippen LogP) is 4.22. The van der Waals surface area contributed by atoms with Crippen molar-refractivity contribution in [3.63, 3.8) is 0 Å². The Hall–Kier alpha value is -2.80. The van der Waals surface area contributed by atoms with Crippen LogP contribution < -0.4 is 4.90 Å². The van der Waals surface area contributed by atoms with Gasteiger partial charge in [0, 0.05) is 8.99 Å². The zero-order chi connectivity index (χ0) is 21.5. The Morgan fingerprint density at radius 1 is 0.774 bits per heavy atom. The summed E-state index contributed by atoms with van der Waals surface area (Å²) in [6.45, 7) is 2.06. The number of anilines is 1.